The summed E-state index contributed by atoms with van der Waals surface area (Å²) in [6.07, 6.45) is 0.191. The molecule has 0 aromatic carbocycles. The minimum atomic E-state index is -0.543. The third kappa shape index (κ3) is 3.21. The molecular formula is C16H25N3O3. The van der Waals surface area contributed by atoms with Gasteiger partial charge in [0.25, 0.3) is 11.5 Å². The van der Waals surface area contributed by atoms with Crippen molar-refractivity contribution in [3.05, 3.63) is 27.4 Å². The number of aryl methyl sites for hydroxylation is 1. The van der Waals surface area contributed by atoms with Crippen LogP contribution in [0.15, 0.2) is 4.79 Å². The summed E-state index contributed by atoms with van der Waals surface area (Å²) >= 11 is 0. The van der Waals surface area contributed by atoms with Crippen LogP contribution in [0, 0.1) is 12.8 Å². The van der Waals surface area contributed by atoms with E-state index in [0.717, 1.165) is 6.42 Å². The molecule has 0 saturated carbocycles. The van der Waals surface area contributed by atoms with Crippen LogP contribution in [-0.4, -0.2) is 45.1 Å². The molecule has 0 aliphatic carbocycles. The molecule has 2 unspecified atom stereocenters. The molecule has 6 nitrogen and oxygen atoms in total. The van der Waals surface area contributed by atoms with Gasteiger partial charge in [-0.2, -0.15) is 0 Å². The highest BCUT2D eigenvalue weighted by molar-refractivity contribution is 5.94. The molecule has 2 atom stereocenters. The number of hydrogen-bond donors (Lipinski definition) is 2. The summed E-state index contributed by atoms with van der Waals surface area (Å²) in [7, 11) is 0. The number of aromatic nitrogens is 2. The maximum Gasteiger partial charge on any atom is 0.264 e. The van der Waals surface area contributed by atoms with Crippen molar-refractivity contribution in [1.82, 2.24) is 14.9 Å². The summed E-state index contributed by atoms with van der Waals surface area (Å²) in [6, 6.07) is 0. The second-order valence-corrected chi connectivity index (χ2v) is 7.21. The molecule has 1 aromatic heterocycles. The van der Waals surface area contributed by atoms with Crippen LogP contribution < -0.4 is 5.56 Å². The number of aromatic amines is 1. The first-order valence-corrected chi connectivity index (χ1v) is 7.70. The number of nitrogens with one attached hydrogen (secondary N) is 1. The first-order chi connectivity index (χ1) is 10.1. The van der Waals surface area contributed by atoms with Crippen molar-refractivity contribution in [2.75, 3.05) is 13.1 Å². The molecular weight excluding hydrogens is 282 g/mol. The van der Waals surface area contributed by atoms with E-state index in [-0.39, 0.29) is 29.3 Å². The van der Waals surface area contributed by atoms with Gasteiger partial charge in [0.2, 0.25) is 0 Å². The summed E-state index contributed by atoms with van der Waals surface area (Å²) < 4.78 is 0. The van der Waals surface area contributed by atoms with Crippen molar-refractivity contribution in [1.29, 1.82) is 0 Å². The van der Waals surface area contributed by atoms with E-state index < -0.39 is 11.7 Å². The second kappa shape index (κ2) is 5.83. The molecule has 0 spiro atoms. The number of β-amino-alcohol motifs (C(OH)–C–C–N with tert-alkyl or cyclic N) is 1. The lowest BCUT2D eigenvalue weighted by molar-refractivity contribution is 0.0246. The first kappa shape index (κ1) is 16.7. The molecule has 1 saturated heterocycles. The highest BCUT2D eigenvalue weighted by atomic mass is 16.3. The van der Waals surface area contributed by atoms with Crippen molar-refractivity contribution in [2.24, 2.45) is 5.92 Å². The van der Waals surface area contributed by atoms with E-state index in [0.29, 0.717) is 18.1 Å². The van der Waals surface area contributed by atoms with Crippen molar-refractivity contribution in [2.45, 2.75) is 52.6 Å². The molecule has 1 amide bonds. The van der Waals surface area contributed by atoms with Crippen LogP contribution in [0.2, 0.25) is 0 Å². The third-order valence-electron chi connectivity index (χ3n) is 4.23. The Morgan fingerprint density at radius 3 is 2.55 bits per heavy atom. The van der Waals surface area contributed by atoms with Gasteiger partial charge in [-0.15, -0.1) is 0 Å². The number of hydrogen-bond acceptors (Lipinski definition) is 4. The fourth-order valence-corrected chi connectivity index (χ4v) is 2.58. The van der Waals surface area contributed by atoms with E-state index in [1.54, 1.807) is 11.8 Å². The molecule has 1 aromatic rings. The number of rotatable bonds is 1. The first-order valence-electron chi connectivity index (χ1n) is 7.70. The molecule has 1 aliphatic rings. The summed E-state index contributed by atoms with van der Waals surface area (Å²) in [4.78, 5) is 33.6. The second-order valence-electron chi connectivity index (χ2n) is 7.21. The predicted octanol–water partition coefficient (Wildman–Crippen LogP) is 1.22. The number of piperidine rings is 1. The highest BCUT2D eigenvalue weighted by Gasteiger charge is 2.30. The van der Waals surface area contributed by atoms with Gasteiger partial charge in [0, 0.05) is 18.5 Å². The van der Waals surface area contributed by atoms with E-state index in [2.05, 4.69) is 9.97 Å². The number of carbonyl (C=O) groups is 1. The summed E-state index contributed by atoms with van der Waals surface area (Å²) in [5.74, 6) is 0.390. The molecule has 22 heavy (non-hydrogen) atoms. The zero-order chi connectivity index (χ0) is 16.7. The summed E-state index contributed by atoms with van der Waals surface area (Å²) in [6.45, 7) is 10.3. The van der Waals surface area contributed by atoms with Gasteiger partial charge in [-0.25, -0.2) is 4.98 Å². The van der Waals surface area contributed by atoms with Gasteiger partial charge in [-0.1, -0.05) is 27.7 Å². The molecule has 0 bridgehead atoms. The van der Waals surface area contributed by atoms with Crippen LogP contribution in [0.5, 0.6) is 0 Å². The van der Waals surface area contributed by atoms with Gasteiger partial charge in [0.15, 0.2) is 0 Å². The average molecular weight is 307 g/mol. The zero-order valence-electron chi connectivity index (χ0n) is 13.9. The van der Waals surface area contributed by atoms with E-state index in [1.807, 2.05) is 27.7 Å². The van der Waals surface area contributed by atoms with E-state index >= 15 is 0 Å². The van der Waals surface area contributed by atoms with Gasteiger partial charge >= 0.3 is 0 Å². The Bertz CT molecular complexity index is 631. The van der Waals surface area contributed by atoms with Crippen molar-refractivity contribution < 1.29 is 9.90 Å². The van der Waals surface area contributed by atoms with Gasteiger partial charge in [-0.3, -0.25) is 9.59 Å². The minimum Gasteiger partial charge on any atom is -0.391 e. The fourth-order valence-electron chi connectivity index (χ4n) is 2.58. The van der Waals surface area contributed by atoms with E-state index in [1.165, 1.54) is 0 Å². The van der Waals surface area contributed by atoms with E-state index in [9.17, 15) is 14.7 Å². The topological polar surface area (TPSA) is 86.3 Å². The maximum atomic E-state index is 12.6. The third-order valence-corrected chi connectivity index (χ3v) is 4.23. The molecule has 2 rings (SSSR count). The lowest BCUT2D eigenvalue weighted by atomic mass is 9.94. The van der Waals surface area contributed by atoms with Crippen LogP contribution in [-0.2, 0) is 5.41 Å². The Morgan fingerprint density at radius 2 is 2.05 bits per heavy atom. The van der Waals surface area contributed by atoms with Crippen molar-refractivity contribution >= 4 is 5.91 Å². The molecule has 1 aliphatic heterocycles. The number of H-pyrrole nitrogens is 1. The number of carbonyl (C=O) groups excluding carboxylic acids is 1. The molecule has 6 heteroatoms. The summed E-state index contributed by atoms with van der Waals surface area (Å²) in [5.41, 5.74) is -0.181. The van der Waals surface area contributed by atoms with Gasteiger partial charge < -0.3 is 15.0 Å². The van der Waals surface area contributed by atoms with Crippen LogP contribution in [0.25, 0.3) is 0 Å². The number of likely N-dealkylation sites (tertiary alicyclic amines) is 1. The van der Waals surface area contributed by atoms with Crippen LogP contribution in [0.3, 0.4) is 0 Å². The van der Waals surface area contributed by atoms with Crippen LogP contribution in [0.4, 0.5) is 0 Å². The lowest BCUT2D eigenvalue weighted by Gasteiger charge is -2.34. The molecule has 1 fully saturated rings. The van der Waals surface area contributed by atoms with Crippen molar-refractivity contribution in [3.63, 3.8) is 0 Å². The highest BCUT2D eigenvalue weighted by Crippen LogP contribution is 2.20. The maximum absolute atomic E-state index is 12.6. The van der Waals surface area contributed by atoms with E-state index in [4.69, 9.17) is 0 Å². The van der Waals surface area contributed by atoms with Crippen molar-refractivity contribution in [3.8, 4) is 0 Å². The molecule has 2 heterocycles. The minimum absolute atomic E-state index is 0.0785. The smallest absolute Gasteiger partial charge is 0.264 e. The van der Waals surface area contributed by atoms with Gasteiger partial charge in [-0.05, 0) is 19.3 Å². The average Bonchev–Trinajstić information content (AvgIpc) is 2.39. The van der Waals surface area contributed by atoms with Gasteiger partial charge in [0.1, 0.15) is 11.4 Å². The van der Waals surface area contributed by atoms with Gasteiger partial charge in [0.05, 0.1) is 11.8 Å². The Morgan fingerprint density at radius 1 is 1.41 bits per heavy atom. The molecule has 122 valence electrons. The quantitative estimate of drug-likeness (QED) is 0.817. The fraction of sp³-hybridized carbons (Fsp3) is 0.688. The number of aliphatic hydroxyl groups is 1. The number of nitrogens with zero attached hydrogens (tertiary/aromatic N) is 2. The Labute approximate surface area is 130 Å². The predicted molar refractivity (Wildman–Crippen MR) is 84.0 cm³/mol. The Balaban J connectivity index is 2.33. The lowest BCUT2D eigenvalue weighted by Crippen LogP contribution is -2.47. The molecule has 2 N–H and O–H groups in total. The monoisotopic (exact) mass is 307 g/mol. The Kier molecular flexibility index (Phi) is 4.42. The standard InChI is InChI=1S/C16H25N3O3/c1-9-6-7-19(8-11(9)20)14(22)12-10(2)17-15(16(3,4)5)18-13(12)21/h9,11,20H,6-8H2,1-5H3,(H,17,18,21). The number of amides is 1. The zero-order valence-corrected chi connectivity index (χ0v) is 13.9. The SMILES string of the molecule is Cc1nc(C(C)(C)C)[nH]c(=O)c1C(=O)N1CCC(C)C(O)C1. The summed E-state index contributed by atoms with van der Waals surface area (Å²) in [5, 5.41) is 9.94. The largest absolute Gasteiger partial charge is 0.391 e. The number of aliphatic hydroxyl groups excluding tert-OH is 1. The molecule has 0 radical (unpaired) electrons. The van der Waals surface area contributed by atoms with Crippen LogP contribution in [0.1, 0.15) is 56.0 Å². The van der Waals surface area contributed by atoms with Crippen LogP contribution >= 0.6 is 0 Å². The normalized spacial score (nSPS) is 22.7. The Hall–Kier alpha value is -1.69.